The van der Waals surface area contributed by atoms with Gasteiger partial charge in [-0.3, -0.25) is 4.79 Å². The van der Waals surface area contributed by atoms with Crippen LogP contribution in [0.15, 0.2) is 22.7 Å². The molecule has 0 fully saturated rings. The van der Waals surface area contributed by atoms with E-state index in [-0.39, 0.29) is 12.5 Å². The molecule has 16 heavy (non-hydrogen) atoms. The molecule has 0 aliphatic carbocycles. The van der Waals surface area contributed by atoms with Crippen molar-refractivity contribution in [3.05, 3.63) is 28.5 Å². The molecule has 0 radical (unpaired) electrons. The fraction of sp³-hybridized carbons (Fsp3) is 0.364. The van der Waals surface area contributed by atoms with E-state index in [2.05, 4.69) is 15.9 Å². The molecule has 1 atom stereocenters. The smallest absolute Gasteiger partial charge is 0.303 e. The van der Waals surface area contributed by atoms with Crippen LogP contribution >= 0.6 is 15.9 Å². The van der Waals surface area contributed by atoms with E-state index in [1.165, 1.54) is 12.1 Å². The molecule has 1 unspecified atom stereocenters. The van der Waals surface area contributed by atoms with Gasteiger partial charge in [-0.25, -0.2) is 4.39 Å². The Labute approximate surface area is 101 Å². The Balaban J connectivity index is 2.55. The standard InChI is InChI=1S/C11H12BrFO3/c1-7(2-3-11(14)15)16-10-5-8(12)4-9(13)6-10/h4-7H,2-3H2,1H3,(H,14,15). The molecular weight excluding hydrogens is 279 g/mol. The van der Waals surface area contributed by atoms with E-state index in [1.54, 1.807) is 13.0 Å². The molecule has 3 nitrogen and oxygen atoms in total. The Morgan fingerprint density at radius 3 is 2.81 bits per heavy atom. The predicted octanol–water partition coefficient (Wildman–Crippen LogP) is 3.22. The number of rotatable bonds is 5. The van der Waals surface area contributed by atoms with E-state index >= 15 is 0 Å². The minimum atomic E-state index is -0.865. The molecule has 1 aromatic carbocycles. The molecule has 0 aliphatic heterocycles. The van der Waals surface area contributed by atoms with Crippen molar-refractivity contribution in [3.8, 4) is 5.75 Å². The van der Waals surface area contributed by atoms with Crippen LogP contribution in [0.2, 0.25) is 0 Å². The molecule has 88 valence electrons. The van der Waals surface area contributed by atoms with Gasteiger partial charge in [-0.1, -0.05) is 15.9 Å². The van der Waals surface area contributed by atoms with Gasteiger partial charge in [-0.05, 0) is 25.5 Å². The second kappa shape index (κ2) is 5.84. The molecular formula is C11H12BrFO3. The number of ether oxygens (including phenoxy) is 1. The van der Waals surface area contributed by atoms with E-state index in [4.69, 9.17) is 9.84 Å². The summed E-state index contributed by atoms with van der Waals surface area (Å²) in [4.78, 5) is 10.3. The molecule has 0 aliphatic rings. The zero-order chi connectivity index (χ0) is 12.1. The van der Waals surface area contributed by atoms with Crippen molar-refractivity contribution in [2.45, 2.75) is 25.9 Å². The first-order valence-electron chi connectivity index (χ1n) is 4.82. The van der Waals surface area contributed by atoms with Gasteiger partial charge in [0.1, 0.15) is 11.6 Å². The van der Waals surface area contributed by atoms with E-state index in [1.807, 2.05) is 0 Å². The van der Waals surface area contributed by atoms with Gasteiger partial charge in [-0.2, -0.15) is 0 Å². The maximum Gasteiger partial charge on any atom is 0.303 e. The average molecular weight is 291 g/mol. The SMILES string of the molecule is CC(CCC(=O)O)Oc1cc(F)cc(Br)c1. The zero-order valence-electron chi connectivity index (χ0n) is 8.74. The Bertz CT molecular complexity index is 361. The minimum Gasteiger partial charge on any atom is -0.491 e. The predicted molar refractivity (Wildman–Crippen MR) is 61.1 cm³/mol. The monoisotopic (exact) mass is 290 g/mol. The third-order valence-corrected chi connectivity index (χ3v) is 2.40. The number of hydrogen-bond acceptors (Lipinski definition) is 2. The van der Waals surface area contributed by atoms with E-state index in [9.17, 15) is 9.18 Å². The number of carboxylic acids is 1. The van der Waals surface area contributed by atoms with Gasteiger partial charge in [0.05, 0.1) is 6.10 Å². The van der Waals surface area contributed by atoms with Crippen molar-refractivity contribution in [2.75, 3.05) is 0 Å². The van der Waals surface area contributed by atoms with Crippen LogP contribution in [-0.4, -0.2) is 17.2 Å². The van der Waals surface area contributed by atoms with E-state index in [0.29, 0.717) is 16.6 Å². The summed E-state index contributed by atoms with van der Waals surface area (Å²) in [7, 11) is 0. The van der Waals surface area contributed by atoms with Gasteiger partial charge in [0.25, 0.3) is 0 Å². The van der Waals surface area contributed by atoms with Crippen LogP contribution < -0.4 is 4.74 Å². The maximum absolute atomic E-state index is 13.0. The lowest BCUT2D eigenvalue weighted by Crippen LogP contribution is -2.13. The largest absolute Gasteiger partial charge is 0.491 e. The van der Waals surface area contributed by atoms with Crippen molar-refractivity contribution in [3.63, 3.8) is 0 Å². The first kappa shape index (κ1) is 13.0. The summed E-state index contributed by atoms with van der Waals surface area (Å²) in [6.07, 6.45) is 0.172. The molecule has 0 heterocycles. The molecule has 1 aromatic rings. The maximum atomic E-state index is 13.0. The van der Waals surface area contributed by atoms with Gasteiger partial charge in [0.15, 0.2) is 0 Å². The molecule has 0 amide bonds. The summed E-state index contributed by atoms with van der Waals surface area (Å²) in [6.45, 7) is 1.75. The van der Waals surface area contributed by atoms with Crippen LogP contribution in [0.5, 0.6) is 5.75 Å². The highest BCUT2D eigenvalue weighted by Gasteiger charge is 2.08. The number of hydrogen-bond donors (Lipinski definition) is 1. The molecule has 0 aromatic heterocycles. The second-order valence-electron chi connectivity index (χ2n) is 3.47. The Hall–Kier alpha value is -1.10. The Kier molecular flexibility index (Phi) is 4.73. The van der Waals surface area contributed by atoms with Crippen LogP contribution in [0.25, 0.3) is 0 Å². The lowest BCUT2D eigenvalue weighted by Gasteiger charge is -2.13. The van der Waals surface area contributed by atoms with Crippen molar-refractivity contribution in [1.82, 2.24) is 0 Å². The van der Waals surface area contributed by atoms with Crippen molar-refractivity contribution in [2.24, 2.45) is 0 Å². The average Bonchev–Trinajstić information content (AvgIpc) is 2.12. The van der Waals surface area contributed by atoms with Crippen molar-refractivity contribution < 1.29 is 19.0 Å². The van der Waals surface area contributed by atoms with Crippen LogP contribution in [0.3, 0.4) is 0 Å². The minimum absolute atomic E-state index is 0.0393. The topological polar surface area (TPSA) is 46.5 Å². The first-order chi connectivity index (χ1) is 7.47. The third kappa shape index (κ3) is 4.61. The number of carbonyl (C=O) groups is 1. The summed E-state index contributed by atoms with van der Waals surface area (Å²) in [5.41, 5.74) is 0. The van der Waals surface area contributed by atoms with E-state index in [0.717, 1.165) is 0 Å². The van der Waals surface area contributed by atoms with Gasteiger partial charge in [0.2, 0.25) is 0 Å². The molecule has 0 bridgehead atoms. The summed E-state index contributed by atoms with van der Waals surface area (Å²) in [6, 6.07) is 4.23. The second-order valence-corrected chi connectivity index (χ2v) is 4.38. The summed E-state index contributed by atoms with van der Waals surface area (Å²) in [5, 5.41) is 8.49. The van der Waals surface area contributed by atoms with Crippen molar-refractivity contribution in [1.29, 1.82) is 0 Å². The van der Waals surface area contributed by atoms with Gasteiger partial charge >= 0.3 is 5.97 Å². The van der Waals surface area contributed by atoms with E-state index < -0.39 is 11.8 Å². The number of aliphatic carboxylic acids is 1. The molecule has 1 rings (SSSR count). The Morgan fingerprint density at radius 2 is 2.25 bits per heavy atom. The number of halogens is 2. The van der Waals surface area contributed by atoms with Gasteiger partial charge in [0, 0.05) is 17.0 Å². The highest BCUT2D eigenvalue weighted by atomic mass is 79.9. The number of carboxylic acid groups (broad SMARTS) is 1. The molecule has 0 saturated carbocycles. The molecule has 5 heteroatoms. The fourth-order valence-electron chi connectivity index (χ4n) is 1.21. The molecule has 0 spiro atoms. The number of benzene rings is 1. The van der Waals surface area contributed by atoms with Crippen LogP contribution in [0.1, 0.15) is 19.8 Å². The first-order valence-corrected chi connectivity index (χ1v) is 5.61. The summed E-state index contributed by atoms with van der Waals surface area (Å²) >= 11 is 3.15. The molecule has 1 N–H and O–H groups in total. The highest BCUT2D eigenvalue weighted by molar-refractivity contribution is 9.10. The van der Waals surface area contributed by atoms with Crippen LogP contribution in [0, 0.1) is 5.82 Å². The van der Waals surface area contributed by atoms with Gasteiger partial charge < -0.3 is 9.84 Å². The lowest BCUT2D eigenvalue weighted by molar-refractivity contribution is -0.137. The van der Waals surface area contributed by atoms with Gasteiger partial charge in [-0.15, -0.1) is 0 Å². The summed E-state index contributed by atoms with van der Waals surface area (Å²) in [5.74, 6) is -0.865. The third-order valence-electron chi connectivity index (χ3n) is 1.94. The highest BCUT2D eigenvalue weighted by Crippen LogP contribution is 2.22. The van der Waals surface area contributed by atoms with Crippen LogP contribution in [-0.2, 0) is 4.79 Å². The lowest BCUT2D eigenvalue weighted by atomic mass is 10.2. The molecule has 0 saturated heterocycles. The Morgan fingerprint density at radius 1 is 1.56 bits per heavy atom. The van der Waals surface area contributed by atoms with Crippen LogP contribution in [0.4, 0.5) is 4.39 Å². The normalized spacial score (nSPS) is 12.2. The fourth-order valence-corrected chi connectivity index (χ4v) is 1.66. The quantitative estimate of drug-likeness (QED) is 0.906. The zero-order valence-corrected chi connectivity index (χ0v) is 10.3. The summed E-state index contributed by atoms with van der Waals surface area (Å²) < 4.78 is 19.0. The van der Waals surface area contributed by atoms with Crippen molar-refractivity contribution >= 4 is 21.9 Å².